The van der Waals surface area contributed by atoms with Crippen LogP contribution in [0.2, 0.25) is 0 Å². The summed E-state index contributed by atoms with van der Waals surface area (Å²) in [5, 5.41) is 11.6. The number of aryl methyl sites for hydroxylation is 2. The highest BCUT2D eigenvalue weighted by molar-refractivity contribution is 5.96. The van der Waals surface area contributed by atoms with Crippen molar-refractivity contribution < 1.29 is 4.92 Å². The van der Waals surface area contributed by atoms with E-state index >= 15 is 0 Å². The van der Waals surface area contributed by atoms with Crippen molar-refractivity contribution >= 4 is 22.1 Å². The SMILES string of the molecule is Cc1cc2c(=O)cc([N+](=O)[O-])n3c(C)nc(=O)c(c1)c23. The predicted molar refractivity (Wildman–Crippen MR) is 72.6 cm³/mol. The molecule has 100 valence electrons. The summed E-state index contributed by atoms with van der Waals surface area (Å²) >= 11 is 0. The van der Waals surface area contributed by atoms with Crippen molar-refractivity contribution in [2.75, 3.05) is 0 Å². The minimum Gasteiger partial charge on any atom is -0.358 e. The number of aromatic nitrogens is 2. The summed E-state index contributed by atoms with van der Waals surface area (Å²) in [6.07, 6.45) is 0. The minimum absolute atomic E-state index is 0.183. The van der Waals surface area contributed by atoms with Crippen molar-refractivity contribution in [3.63, 3.8) is 0 Å². The Morgan fingerprint density at radius 3 is 2.45 bits per heavy atom. The first-order chi connectivity index (χ1) is 9.40. The van der Waals surface area contributed by atoms with Gasteiger partial charge in [0.2, 0.25) is 5.82 Å². The van der Waals surface area contributed by atoms with Gasteiger partial charge in [0.1, 0.15) is 0 Å². The van der Waals surface area contributed by atoms with Crippen LogP contribution < -0.4 is 11.0 Å². The van der Waals surface area contributed by atoms with Crippen LogP contribution in [-0.2, 0) is 0 Å². The van der Waals surface area contributed by atoms with Gasteiger partial charge in [-0.05, 0) is 29.5 Å². The largest absolute Gasteiger partial charge is 0.358 e. The first-order valence-electron chi connectivity index (χ1n) is 5.85. The van der Waals surface area contributed by atoms with Gasteiger partial charge in [-0.25, -0.2) is 0 Å². The Labute approximate surface area is 111 Å². The molecule has 0 unspecified atom stereocenters. The Hall–Kier alpha value is -2.83. The molecular weight excluding hydrogens is 262 g/mol. The van der Waals surface area contributed by atoms with Crippen molar-refractivity contribution in [2.45, 2.75) is 13.8 Å². The van der Waals surface area contributed by atoms with E-state index < -0.39 is 15.9 Å². The second-order valence-corrected chi connectivity index (χ2v) is 4.63. The van der Waals surface area contributed by atoms with Crippen molar-refractivity contribution in [3.8, 4) is 0 Å². The third-order valence-electron chi connectivity index (χ3n) is 3.24. The lowest BCUT2D eigenvalue weighted by atomic mass is 10.1. The maximum Gasteiger partial charge on any atom is 0.333 e. The van der Waals surface area contributed by atoms with Gasteiger partial charge in [-0.3, -0.25) is 9.59 Å². The van der Waals surface area contributed by atoms with Crippen LogP contribution in [-0.4, -0.2) is 14.3 Å². The molecule has 3 aromatic rings. The van der Waals surface area contributed by atoms with Gasteiger partial charge in [0, 0.05) is 6.92 Å². The van der Waals surface area contributed by atoms with Gasteiger partial charge in [0.05, 0.1) is 16.8 Å². The molecule has 7 nitrogen and oxygen atoms in total. The molecular formula is C13H9N3O4. The highest BCUT2D eigenvalue weighted by Gasteiger charge is 2.22. The van der Waals surface area contributed by atoms with Crippen LogP contribution in [0.5, 0.6) is 0 Å². The molecule has 2 aromatic heterocycles. The predicted octanol–water partition coefficient (Wildman–Crippen LogP) is 1.17. The van der Waals surface area contributed by atoms with Gasteiger partial charge in [0.15, 0.2) is 10.9 Å². The number of hydrogen-bond acceptors (Lipinski definition) is 5. The lowest BCUT2D eigenvalue weighted by Crippen LogP contribution is -2.18. The zero-order valence-corrected chi connectivity index (χ0v) is 10.7. The molecule has 0 aliphatic rings. The van der Waals surface area contributed by atoms with E-state index in [9.17, 15) is 19.7 Å². The van der Waals surface area contributed by atoms with Gasteiger partial charge >= 0.3 is 5.82 Å². The van der Waals surface area contributed by atoms with Crippen LogP contribution in [0.3, 0.4) is 0 Å². The molecule has 0 atom stereocenters. The van der Waals surface area contributed by atoms with Gasteiger partial charge < -0.3 is 10.1 Å². The number of benzene rings is 1. The van der Waals surface area contributed by atoms with Crippen LogP contribution in [0.25, 0.3) is 16.3 Å². The fraction of sp³-hybridized carbons (Fsp3) is 0.154. The Kier molecular flexibility index (Phi) is 2.34. The first-order valence-corrected chi connectivity index (χ1v) is 5.85. The van der Waals surface area contributed by atoms with E-state index in [-0.39, 0.29) is 27.9 Å². The van der Waals surface area contributed by atoms with Crippen LogP contribution in [0.4, 0.5) is 5.82 Å². The van der Waals surface area contributed by atoms with Crippen LogP contribution in [0.15, 0.2) is 27.8 Å². The van der Waals surface area contributed by atoms with E-state index in [1.165, 1.54) is 11.3 Å². The van der Waals surface area contributed by atoms with Crippen molar-refractivity contribution in [1.82, 2.24) is 9.38 Å². The van der Waals surface area contributed by atoms with Gasteiger partial charge in [-0.1, -0.05) is 0 Å². The number of rotatable bonds is 1. The Morgan fingerprint density at radius 2 is 1.80 bits per heavy atom. The summed E-state index contributed by atoms with van der Waals surface area (Å²) in [6, 6.07) is 4.16. The molecule has 20 heavy (non-hydrogen) atoms. The second kappa shape index (κ2) is 3.83. The van der Waals surface area contributed by atoms with Crippen molar-refractivity contribution in [1.29, 1.82) is 0 Å². The summed E-state index contributed by atoms with van der Waals surface area (Å²) in [5.41, 5.74) is 0.0203. The maximum atomic E-state index is 12.0. The fourth-order valence-corrected chi connectivity index (χ4v) is 2.46. The van der Waals surface area contributed by atoms with E-state index in [0.717, 1.165) is 11.6 Å². The van der Waals surface area contributed by atoms with E-state index in [4.69, 9.17) is 0 Å². The quantitative estimate of drug-likeness (QED) is 0.489. The number of nitrogens with zero attached hydrogens (tertiary/aromatic N) is 3. The molecule has 0 saturated carbocycles. The number of hydrogen-bond donors (Lipinski definition) is 0. The molecule has 0 aliphatic carbocycles. The smallest absolute Gasteiger partial charge is 0.333 e. The zero-order chi connectivity index (χ0) is 14.6. The molecule has 7 heteroatoms. The molecule has 2 heterocycles. The first kappa shape index (κ1) is 12.2. The van der Waals surface area contributed by atoms with Gasteiger partial charge in [-0.15, -0.1) is 0 Å². The zero-order valence-electron chi connectivity index (χ0n) is 10.7. The minimum atomic E-state index is -0.653. The average molecular weight is 271 g/mol. The van der Waals surface area contributed by atoms with E-state index in [1.807, 2.05) is 0 Å². The second-order valence-electron chi connectivity index (χ2n) is 4.63. The molecule has 0 amide bonds. The monoisotopic (exact) mass is 271 g/mol. The Bertz CT molecular complexity index is 972. The van der Waals surface area contributed by atoms with Crippen LogP contribution >= 0.6 is 0 Å². The summed E-state index contributed by atoms with van der Waals surface area (Å²) < 4.78 is 1.24. The average Bonchev–Trinajstić information content (AvgIpc) is 2.36. The topological polar surface area (TPSA) is 94.6 Å². The third kappa shape index (κ3) is 1.49. The van der Waals surface area contributed by atoms with Crippen molar-refractivity contribution in [2.24, 2.45) is 0 Å². The Balaban J connectivity index is 2.80. The van der Waals surface area contributed by atoms with E-state index in [2.05, 4.69) is 4.98 Å². The van der Waals surface area contributed by atoms with Gasteiger partial charge in [0.25, 0.3) is 5.56 Å². The van der Waals surface area contributed by atoms with Crippen LogP contribution in [0.1, 0.15) is 11.4 Å². The fourth-order valence-electron chi connectivity index (χ4n) is 2.46. The van der Waals surface area contributed by atoms with E-state index in [0.29, 0.717) is 0 Å². The standard InChI is InChI=1S/C13H9N3O4/c1-6-3-8-10(17)5-11(16(19)20)15-7(2)14-13(18)9(4-6)12(8)15/h3-5H,1-2H3. The van der Waals surface area contributed by atoms with Crippen molar-refractivity contribution in [3.05, 3.63) is 60.3 Å². The molecule has 0 radical (unpaired) electrons. The summed E-state index contributed by atoms with van der Waals surface area (Å²) in [7, 11) is 0. The molecule has 0 fully saturated rings. The Morgan fingerprint density at radius 1 is 1.15 bits per heavy atom. The van der Waals surface area contributed by atoms with E-state index in [1.54, 1.807) is 19.1 Å². The maximum absolute atomic E-state index is 12.0. The number of nitro groups is 1. The summed E-state index contributed by atoms with van der Waals surface area (Å²) in [6.45, 7) is 3.25. The molecule has 0 N–H and O–H groups in total. The molecule has 1 aromatic carbocycles. The van der Waals surface area contributed by atoms with Gasteiger partial charge in [-0.2, -0.15) is 9.38 Å². The normalized spacial score (nSPS) is 11.3. The highest BCUT2D eigenvalue weighted by Crippen LogP contribution is 2.23. The lowest BCUT2D eigenvalue weighted by Gasteiger charge is -2.07. The van der Waals surface area contributed by atoms with Crippen LogP contribution in [0, 0.1) is 24.0 Å². The summed E-state index contributed by atoms with van der Waals surface area (Å²) in [5.74, 6) is -0.204. The molecule has 0 saturated heterocycles. The lowest BCUT2D eigenvalue weighted by molar-refractivity contribution is -0.390. The molecule has 3 rings (SSSR count). The highest BCUT2D eigenvalue weighted by atomic mass is 16.6. The number of pyridine rings is 1. The third-order valence-corrected chi connectivity index (χ3v) is 3.24. The molecule has 0 bridgehead atoms. The molecule has 0 spiro atoms. The molecule has 0 aliphatic heterocycles. The summed E-state index contributed by atoms with van der Waals surface area (Å²) in [4.78, 5) is 38.3.